The molecule has 1 atom stereocenters. The Morgan fingerprint density at radius 1 is 0.264 bits per heavy atom. The number of unbranched alkanes of at least 4 members (excludes halogenated alkanes) is 48. The third kappa shape index (κ3) is 59.0. The highest BCUT2D eigenvalue weighted by molar-refractivity contribution is 5.71. The van der Waals surface area contributed by atoms with Gasteiger partial charge in [-0.15, -0.1) is 0 Å². The van der Waals surface area contributed by atoms with Crippen LogP contribution in [0.5, 0.6) is 0 Å². The Morgan fingerprint density at radius 3 is 0.694 bits per heavy atom. The summed E-state index contributed by atoms with van der Waals surface area (Å²) in [5.41, 5.74) is 0. The van der Waals surface area contributed by atoms with Gasteiger partial charge in [0.15, 0.2) is 6.10 Å². The van der Waals surface area contributed by atoms with Gasteiger partial charge in [-0.05, 0) is 44.9 Å². The van der Waals surface area contributed by atoms with Crippen LogP contribution in [0.25, 0.3) is 0 Å². The molecule has 0 fully saturated rings. The molecule has 0 aromatic rings. The minimum Gasteiger partial charge on any atom is -0.462 e. The second-order valence-corrected chi connectivity index (χ2v) is 22.4. The highest BCUT2D eigenvalue weighted by atomic mass is 16.6. The Morgan fingerprint density at radius 2 is 0.458 bits per heavy atom. The lowest BCUT2D eigenvalue weighted by Gasteiger charge is -2.18. The van der Waals surface area contributed by atoms with E-state index in [-0.39, 0.29) is 31.1 Å². The number of hydrogen-bond acceptors (Lipinski definition) is 6. The number of allylic oxidation sites excluding steroid dienone is 2. The van der Waals surface area contributed by atoms with Crippen molar-refractivity contribution in [2.45, 2.75) is 380 Å². The van der Waals surface area contributed by atoms with E-state index in [9.17, 15) is 14.4 Å². The zero-order chi connectivity index (χ0) is 52.2. The van der Waals surface area contributed by atoms with Gasteiger partial charge < -0.3 is 14.2 Å². The van der Waals surface area contributed by atoms with Crippen molar-refractivity contribution in [1.82, 2.24) is 0 Å². The van der Waals surface area contributed by atoms with Gasteiger partial charge in [-0.3, -0.25) is 14.4 Å². The summed E-state index contributed by atoms with van der Waals surface area (Å²) in [7, 11) is 0. The fourth-order valence-corrected chi connectivity index (χ4v) is 10.1. The zero-order valence-corrected chi connectivity index (χ0v) is 49.0. The Balaban J connectivity index is 3.95. The van der Waals surface area contributed by atoms with Gasteiger partial charge in [0.1, 0.15) is 13.2 Å². The van der Waals surface area contributed by atoms with Crippen molar-refractivity contribution in [3.63, 3.8) is 0 Å². The summed E-state index contributed by atoms with van der Waals surface area (Å²) in [4.78, 5) is 38.0. The summed E-state index contributed by atoms with van der Waals surface area (Å²) >= 11 is 0. The highest BCUT2D eigenvalue weighted by Gasteiger charge is 2.19. The largest absolute Gasteiger partial charge is 0.462 e. The molecule has 0 N–H and O–H groups in total. The second-order valence-electron chi connectivity index (χ2n) is 22.4. The lowest BCUT2D eigenvalue weighted by Crippen LogP contribution is -2.30. The maximum absolute atomic E-state index is 12.8. The summed E-state index contributed by atoms with van der Waals surface area (Å²) in [5.74, 6) is -0.858. The van der Waals surface area contributed by atoms with E-state index in [0.29, 0.717) is 19.3 Å². The SMILES string of the molecule is CCCCCCC/C=C\CCCCCCCC(=O)OC(COC(=O)CCCCCCCCCC)COC(=O)CCCCCCCCCCCCCCCCCCCCCCCCCCCCCCCCCC. The van der Waals surface area contributed by atoms with E-state index in [1.54, 1.807) is 0 Å². The van der Waals surface area contributed by atoms with E-state index in [2.05, 4.69) is 32.9 Å². The molecule has 0 aliphatic carbocycles. The van der Waals surface area contributed by atoms with E-state index in [0.717, 1.165) is 64.2 Å². The van der Waals surface area contributed by atoms with Gasteiger partial charge in [-0.25, -0.2) is 0 Å². The molecule has 0 heterocycles. The molecular weight excluding hydrogens is 889 g/mol. The maximum Gasteiger partial charge on any atom is 0.306 e. The Kier molecular flexibility index (Phi) is 60.1. The molecule has 1 unspecified atom stereocenters. The van der Waals surface area contributed by atoms with Gasteiger partial charge in [0.2, 0.25) is 0 Å². The highest BCUT2D eigenvalue weighted by Crippen LogP contribution is 2.18. The predicted molar refractivity (Wildman–Crippen MR) is 312 cm³/mol. The van der Waals surface area contributed by atoms with Crippen molar-refractivity contribution in [2.75, 3.05) is 13.2 Å². The van der Waals surface area contributed by atoms with E-state index < -0.39 is 6.10 Å². The van der Waals surface area contributed by atoms with Crippen molar-refractivity contribution < 1.29 is 28.6 Å². The molecule has 0 aromatic carbocycles. The van der Waals surface area contributed by atoms with E-state index in [1.807, 2.05) is 0 Å². The molecule has 0 amide bonds. The molecule has 0 aliphatic rings. The smallest absolute Gasteiger partial charge is 0.306 e. The number of ether oxygens (including phenoxy) is 3. The minimum atomic E-state index is -0.768. The third-order valence-electron chi connectivity index (χ3n) is 15.0. The van der Waals surface area contributed by atoms with Crippen LogP contribution in [0.1, 0.15) is 374 Å². The molecule has 0 aliphatic heterocycles. The van der Waals surface area contributed by atoms with Gasteiger partial charge in [-0.1, -0.05) is 322 Å². The lowest BCUT2D eigenvalue weighted by molar-refractivity contribution is -0.167. The molecule has 6 nitrogen and oxygen atoms in total. The van der Waals surface area contributed by atoms with Gasteiger partial charge in [-0.2, -0.15) is 0 Å². The number of hydrogen-bond donors (Lipinski definition) is 0. The average Bonchev–Trinajstić information content (AvgIpc) is 3.38. The quantitative estimate of drug-likeness (QED) is 0.0261. The van der Waals surface area contributed by atoms with Crippen LogP contribution < -0.4 is 0 Å². The van der Waals surface area contributed by atoms with Crippen LogP contribution >= 0.6 is 0 Å². The van der Waals surface area contributed by atoms with E-state index >= 15 is 0 Å². The van der Waals surface area contributed by atoms with Crippen molar-refractivity contribution in [3.8, 4) is 0 Å². The molecule has 0 saturated heterocycles. The van der Waals surface area contributed by atoms with Crippen molar-refractivity contribution in [3.05, 3.63) is 12.2 Å². The van der Waals surface area contributed by atoms with Gasteiger partial charge >= 0.3 is 17.9 Å². The van der Waals surface area contributed by atoms with Crippen molar-refractivity contribution >= 4 is 17.9 Å². The second kappa shape index (κ2) is 61.7. The number of esters is 3. The third-order valence-corrected chi connectivity index (χ3v) is 15.0. The number of rotatable bonds is 61. The summed E-state index contributed by atoms with van der Waals surface area (Å²) in [5, 5.41) is 0. The summed E-state index contributed by atoms with van der Waals surface area (Å²) in [6, 6.07) is 0. The molecule has 0 spiro atoms. The fourth-order valence-electron chi connectivity index (χ4n) is 10.1. The van der Waals surface area contributed by atoms with Crippen LogP contribution in [0.3, 0.4) is 0 Å². The molecule has 0 rings (SSSR count). The molecule has 0 saturated carbocycles. The van der Waals surface area contributed by atoms with Gasteiger partial charge in [0.25, 0.3) is 0 Å². The predicted octanol–water partition coefficient (Wildman–Crippen LogP) is 22.1. The molecule has 72 heavy (non-hydrogen) atoms. The molecule has 6 heteroatoms. The van der Waals surface area contributed by atoms with Crippen LogP contribution in [-0.4, -0.2) is 37.2 Å². The van der Waals surface area contributed by atoms with Crippen LogP contribution in [0.4, 0.5) is 0 Å². The van der Waals surface area contributed by atoms with Gasteiger partial charge in [0.05, 0.1) is 0 Å². The Labute approximate surface area is 450 Å². The lowest BCUT2D eigenvalue weighted by atomic mass is 10.0. The first-order valence-electron chi connectivity index (χ1n) is 32.7. The molecule has 426 valence electrons. The zero-order valence-electron chi connectivity index (χ0n) is 49.0. The van der Waals surface area contributed by atoms with E-state index in [1.165, 1.54) is 270 Å². The molecule has 0 aromatic heterocycles. The first-order valence-corrected chi connectivity index (χ1v) is 32.7. The summed E-state index contributed by atoms with van der Waals surface area (Å²) < 4.78 is 16.8. The minimum absolute atomic E-state index is 0.0680. The van der Waals surface area contributed by atoms with Crippen LogP contribution in [-0.2, 0) is 28.6 Å². The first-order chi connectivity index (χ1) is 35.5. The summed E-state index contributed by atoms with van der Waals surface area (Å²) in [6.45, 7) is 6.65. The van der Waals surface area contributed by atoms with Gasteiger partial charge in [0, 0.05) is 19.3 Å². The van der Waals surface area contributed by atoms with Crippen molar-refractivity contribution in [2.24, 2.45) is 0 Å². The monoisotopic (exact) mass is 1010 g/mol. The Hall–Kier alpha value is -1.85. The number of carbonyl (C=O) groups excluding carboxylic acids is 3. The van der Waals surface area contributed by atoms with Crippen LogP contribution in [0.15, 0.2) is 12.2 Å². The molecule has 0 radical (unpaired) electrons. The molecule has 0 bridgehead atoms. The normalized spacial score (nSPS) is 12.0. The first kappa shape index (κ1) is 70.1. The molecular formula is C66H126O6. The average molecular weight is 1020 g/mol. The van der Waals surface area contributed by atoms with Crippen molar-refractivity contribution in [1.29, 1.82) is 0 Å². The van der Waals surface area contributed by atoms with E-state index in [4.69, 9.17) is 14.2 Å². The maximum atomic E-state index is 12.8. The topological polar surface area (TPSA) is 78.9 Å². The summed E-state index contributed by atoms with van der Waals surface area (Å²) in [6.07, 6.45) is 72.7. The standard InChI is InChI=1S/C66H126O6/c1-4-7-10-13-16-19-21-23-25-26-27-28-29-30-31-32-33-34-35-36-37-38-39-40-41-42-44-45-47-50-53-56-59-65(68)71-62-63(61-70-64(67)58-55-52-49-18-15-12-9-6-3)72-66(69)60-57-54-51-48-46-43-24-22-20-17-14-11-8-5-2/h22,24,63H,4-21,23,25-62H2,1-3H3/b24-22-. The fraction of sp³-hybridized carbons (Fsp3) is 0.924. The Bertz CT molecular complexity index is 1120. The van der Waals surface area contributed by atoms with Crippen LogP contribution in [0.2, 0.25) is 0 Å². The number of carbonyl (C=O) groups is 3. The van der Waals surface area contributed by atoms with Crippen LogP contribution in [0, 0.1) is 0 Å².